The predicted octanol–water partition coefficient (Wildman–Crippen LogP) is 0.172. The maximum atomic E-state index is 11.8. The van der Waals surface area contributed by atoms with Crippen LogP contribution in [-0.4, -0.2) is 51.2 Å². The van der Waals surface area contributed by atoms with Gasteiger partial charge in [-0.1, -0.05) is 0 Å². The topological polar surface area (TPSA) is 104 Å². The monoisotopic (exact) mass is 278 g/mol. The molecule has 1 aliphatic rings. The molecular weight excluding hydrogens is 264 g/mol. The Kier molecular flexibility index (Phi) is 4.11. The van der Waals surface area contributed by atoms with Crippen molar-refractivity contribution in [2.75, 3.05) is 13.1 Å². The summed E-state index contributed by atoms with van der Waals surface area (Å²) < 4.78 is 0. The third kappa shape index (κ3) is 3.19. The third-order valence-corrected chi connectivity index (χ3v) is 3.09. The first-order valence-corrected chi connectivity index (χ1v) is 6.05. The Labute approximate surface area is 114 Å². The van der Waals surface area contributed by atoms with Gasteiger partial charge < -0.3 is 15.1 Å². The van der Waals surface area contributed by atoms with Crippen LogP contribution >= 0.6 is 0 Å². The second-order valence-electron chi connectivity index (χ2n) is 4.56. The molecule has 1 amide bonds. The second kappa shape index (κ2) is 5.81. The van der Waals surface area contributed by atoms with Crippen LogP contribution in [0.1, 0.15) is 5.56 Å². The fraction of sp³-hybridized carbons (Fsp3) is 0.308. The minimum atomic E-state index is -0.910. The Hall–Kier alpha value is -2.25. The number of aliphatic hydroxyl groups excluding tert-OH is 2. The summed E-state index contributed by atoms with van der Waals surface area (Å²) in [7, 11) is 0. The van der Waals surface area contributed by atoms with Gasteiger partial charge in [0.05, 0.1) is 17.1 Å². The van der Waals surface area contributed by atoms with Crippen molar-refractivity contribution in [3.63, 3.8) is 0 Å². The zero-order valence-electron chi connectivity index (χ0n) is 10.5. The van der Waals surface area contributed by atoms with E-state index in [0.717, 1.165) is 0 Å². The lowest BCUT2D eigenvalue weighted by molar-refractivity contribution is -0.384. The number of nitrogens with zero attached hydrogens (tertiary/aromatic N) is 2. The number of β-amino-alcohol motifs (C(OH)–C–C–N with tert-alkyl or cyclic N) is 2. The Morgan fingerprint density at radius 1 is 1.25 bits per heavy atom. The number of hydrogen-bond acceptors (Lipinski definition) is 5. The van der Waals surface area contributed by atoms with Crippen molar-refractivity contribution >= 4 is 17.7 Å². The molecule has 106 valence electrons. The van der Waals surface area contributed by atoms with Crippen LogP contribution in [0.4, 0.5) is 5.69 Å². The van der Waals surface area contributed by atoms with Crippen LogP contribution in [0.5, 0.6) is 0 Å². The van der Waals surface area contributed by atoms with Gasteiger partial charge in [0.25, 0.3) is 5.69 Å². The van der Waals surface area contributed by atoms with E-state index in [9.17, 15) is 25.1 Å². The highest BCUT2D eigenvalue weighted by Crippen LogP contribution is 2.14. The maximum Gasteiger partial charge on any atom is 0.269 e. The van der Waals surface area contributed by atoms with E-state index in [2.05, 4.69) is 0 Å². The van der Waals surface area contributed by atoms with Crippen LogP contribution in [0.25, 0.3) is 6.08 Å². The standard InChI is InChI=1S/C13H14N2O5/c16-11-7-14(8-12(11)17)13(18)6-3-9-1-4-10(5-2-9)15(19)20/h1-6,11-12,16-17H,7-8H2/b6-3+. The minimum absolute atomic E-state index is 0.0146. The van der Waals surface area contributed by atoms with Crippen LogP contribution in [0.2, 0.25) is 0 Å². The maximum absolute atomic E-state index is 11.8. The zero-order valence-corrected chi connectivity index (χ0v) is 10.5. The Balaban J connectivity index is 1.99. The summed E-state index contributed by atoms with van der Waals surface area (Å²) in [4.78, 5) is 23.1. The van der Waals surface area contributed by atoms with Crippen LogP contribution < -0.4 is 0 Å². The number of nitro groups is 1. The molecule has 1 aromatic rings. The molecule has 7 heteroatoms. The number of likely N-dealkylation sites (tertiary alicyclic amines) is 1. The van der Waals surface area contributed by atoms with Gasteiger partial charge in [-0.3, -0.25) is 14.9 Å². The van der Waals surface area contributed by atoms with Gasteiger partial charge in [0.15, 0.2) is 0 Å². The molecule has 2 atom stereocenters. The van der Waals surface area contributed by atoms with Crippen molar-refractivity contribution in [3.8, 4) is 0 Å². The molecular formula is C13H14N2O5. The molecule has 7 nitrogen and oxygen atoms in total. The number of amides is 1. The summed E-state index contributed by atoms with van der Waals surface area (Å²) >= 11 is 0. The summed E-state index contributed by atoms with van der Waals surface area (Å²) in [6, 6.07) is 5.78. The fourth-order valence-electron chi connectivity index (χ4n) is 1.93. The van der Waals surface area contributed by atoms with E-state index in [1.807, 2.05) is 0 Å². The number of non-ortho nitro benzene ring substituents is 1. The van der Waals surface area contributed by atoms with E-state index >= 15 is 0 Å². The van der Waals surface area contributed by atoms with E-state index in [1.54, 1.807) is 0 Å². The Bertz CT molecular complexity index is 530. The average molecular weight is 278 g/mol. The van der Waals surface area contributed by atoms with Crippen LogP contribution in [0, 0.1) is 10.1 Å². The average Bonchev–Trinajstić information content (AvgIpc) is 2.76. The summed E-state index contributed by atoms with van der Waals surface area (Å²) in [5.74, 6) is -0.320. The van der Waals surface area contributed by atoms with E-state index in [-0.39, 0.29) is 24.7 Å². The third-order valence-electron chi connectivity index (χ3n) is 3.09. The Morgan fingerprint density at radius 3 is 2.30 bits per heavy atom. The lowest BCUT2D eigenvalue weighted by Gasteiger charge is -2.11. The highest BCUT2D eigenvalue weighted by atomic mass is 16.6. The van der Waals surface area contributed by atoms with Gasteiger partial charge in [0.2, 0.25) is 5.91 Å². The molecule has 1 heterocycles. The molecule has 1 aliphatic heterocycles. The molecule has 1 saturated heterocycles. The fourth-order valence-corrected chi connectivity index (χ4v) is 1.93. The molecule has 0 radical (unpaired) electrons. The highest BCUT2D eigenvalue weighted by molar-refractivity contribution is 5.92. The van der Waals surface area contributed by atoms with Gasteiger partial charge in [-0.15, -0.1) is 0 Å². The number of aliphatic hydroxyl groups is 2. The van der Waals surface area contributed by atoms with E-state index < -0.39 is 17.1 Å². The number of hydrogen-bond donors (Lipinski definition) is 2. The molecule has 0 bridgehead atoms. The van der Waals surface area contributed by atoms with Gasteiger partial charge >= 0.3 is 0 Å². The number of benzene rings is 1. The molecule has 1 aromatic carbocycles. The largest absolute Gasteiger partial charge is 0.388 e. The SMILES string of the molecule is O=C(/C=C/c1ccc([N+](=O)[O-])cc1)N1CC(O)C(O)C1. The molecule has 0 saturated carbocycles. The predicted molar refractivity (Wildman–Crippen MR) is 70.7 cm³/mol. The smallest absolute Gasteiger partial charge is 0.269 e. The minimum Gasteiger partial charge on any atom is -0.388 e. The molecule has 2 N–H and O–H groups in total. The molecule has 2 rings (SSSR count). The number of carbonyl (C=O) groups excluding carboxylic acids is 1. The first-order chi connectivity index (χ1) is 9.47. The van der Waals surface area contributed by atoms with Crippen molar-refractivity contribution < 1.29 is 19.9 Å². The summed E-state index contributed by atoms with van der Waals surface area (Å²) in [5.41, 5.74) is 0.642. The molecule has 20 heavy (non-hydrogen) atoms. The normalized spacial score (nSPS) is 22.4. The summed E-state index contributed by atoms with van der Waals surface area (Å²) in [6.45, 7) is 0.204. The molecule has 0 spiro atoms. The number of nitro benzene ring substituents is 1. The van der Waals surface area contributed by atoms with Gasteiger partial charge in [0, 0.05) is 31.3 Å². The van der Waals surface area contributed by atoms with Crippen molar-refractivity contribution in [1.29, 1.82) is 0 Å². The van der Waals surface area contributed by atoms with Gasteiger partial charge in [0.1, 0.15) is 0 Å². The van der Waals surface area contributed by atoms with Crippen LogP contribution in [0.15, 0.2) is 30.3 Å². The van der Waals surface area contributed by atoms with Gasteiger partial charge in [-0.05, 0) is 23.8 Å². The number of rotatable bonds is 3. The molecule has 1 fully saturated rings. The lowest BCUT2D eigenvalue weighted by atomic mass is 10.2. The molecule has 2 unspecified atom stereocenters. The van der Waals surface area contributed by atoms with E-state index in [4.69, 9.17) is 0 Å². The summed E-state index contributed by atoms with van der Waals surface area (Å²) in [6.07, 6.45) is 1.02. The first-order valence-electron chi connectivity index (χ1n) is 6.05. The molecule has 0 aliphatic carbocycles. The number of carbonyl (C=O) groups is 1. The first kappa shape index (κ1) is 14.2. The Morgan fingerprint density at radius 2 is 1.80 bits per heavy atom. The van der Waals surface area contributed by atoms with Gasteiger partial charge in [-0.2, -0.15) is 0 Å². The van der Waals surface area contributed by atoms with E-state index in [1.165, 1.54) is 41.3 Å². The zero-order chi connectivity index (χ0) is 14.7. The van der Waals surface area contributed by atoms with Crippen LogP contribution in [0.3, 0.4) is 0 Å². The van der Waals surface area contributed by atoms with Gasteiger partial charge in [-0.25, -0.2) is 0 Å². The highest BCUT2D eigenvalue weighted by Gasteiger charge is 2.31. The second-order valence-corrected chi connectivity index (χ2v) is 4.56. The lowest BCUT2D eigenvalue weighted by Crippen LogP contribution is -2.27. The summed E-state index contributed by atoms with van der Waals surface area (Å²) in [5, 5.41) is 29.2. The van der Waals surface area contributed by atoms with E-state index in [0.29, 0.717) is 5.56 Å². The van der Waals surface area contributed by atoms with Crippen LogP contribution in [-0.2, 0) is 4.79 Å². The van der Waals surface area contributed by atoms with Crippen molar-refractivity contribution in [1.82, 2.24) is 4.90 Å². The van der Waals surface area contributed by atoms with Crippen molar-refractivity contribution in [3.05, 3.63) is 46.0 Å². The quantitative estimate of drug-likeness (QED) is 0.466. The van der Waals surface area contributed by atoms with Crippen molar-refractivity contribution in [2.24, 2.45) is 0 Å². The molecule has 0 aromatic heterocycles. The van der Waals surface area contributed by atoms with Crippen molar-refractivity contribution in [2.45, 2.75) is 12.2 Å².